The zero-order valence-electron chi connectivity index (χ0n) is 19.8. The molecule has 2 aromatic rings. The van der Waals surface area contributed by atoms with E-state index >= 15 is 0 Å². The molecule has 0 radical (unpaired) electrons. The summed E-state index contributed by atoms with van der Waals surface area (Å²) < 4.78 is 25.8. The Kier molecular flexibility index (Phi) is 7.83. The zero-order chi connectivity index (χ0) is 24.0. The van der Waals surface area contributed by atoms with Crippen molar-refractivity contribution in [2.24, 2.45) is 0 Å². The van der Waals surface area contributed by atoms with Crippen molar-refractivity contribution < 1.29 is 23.5 Å². The Bertz CT molecular complexity index is 1010. The van der Waals surface area contributed by atoms with Crippen LogP contribution in [0, 0.1) is 5.82 Å². The third kappa shape index (κ3) is 5.58. The normalized spacial score (nSPS) is 21.9. The van der Waals surface area contributed by atoms with Crippen molar-refractivity contribution in [1.82, 2.24) is 9.80 Å². The third-order valence-corrected chi connectivity index (χ3v) is 6.71. The molecule has 2 aromatic carbocycles. The number of morpholine rings is 1. The minimum absolute atomic E-state index is 0.0873. The summed E-state index contributed by atoms with van der Waals surface area (Å²) in [6, 6.07) is 14.1. The Hall–Kier alpha value is -2.93. The number of carbonyl (C=O) groups excluding carboxylic acids is 2. The number of fused-ring (bicyclic) bond motifs is 1. The maximum atomic E-state index is 13.7. The average molecular weight is 469 g/mol. The van der Waals surface area contributed by atoms with Gasteiger partial charge in [0.05, 0.1) is 26.1 Å². The number of benzene rings is 2. The van der Waals surface area contributed by atoms with Gasteiger partial charge in [0.25, 0.3) is 5.91 Å². The quantitative estimate of drug-likeness (QED) is 0.691. The smallest absolute Gasteiger partial charge is 0.256 e. The minimum atomic E-state index is -1.06. The third-order valence-electron chi connectivity index (χ3n) is 6.71. The van der Waals surface area contributed by atoms with E-state index in [1.165, 1.54) is 17.7 Å². The first-order valence-corrected chi connectivity index (χ1v) is 12.2. The van der Waals surface area contributed by atoms with E-state index in [0.29, 0.717) is 44.8 Å². The van der Waals surface area contributed by atoms with Gasteiger partial charge in [0.2, 0.25) is 5.91 Å². The molecule has 34 heavy (non-hydrogen) atoms. The van der Waals surface area contributed by atoms with Gasteiger partial charge in [-0.1, -0.05) is 30.3 Å². The summed E-state index contributed by atoms with van der Waals surface area (Å²) >= 11 is 0. The number of aryl methyl sites for hydroxylation is 1. The average Bonchev–Trinajstić information content (AvgIpc) is 2.84. The maximum absolute atomic E-state index is 13.7. The second kappa shape index (κ2) is 11.0. The molecule has 0 N–H and O–H groups in total. The van der Waals surface area contributed by atoms with Gasteiger partial charge < -0.3 is 19.3 Å². The number of amides is 2. The van der Waals surface area contributed by atoms with E-state index in [-0.39, 0.29) is 30.6 Å². The molecule has 0 aliphatic carbocycles. The summed E-state index contributed by atoms with van der Waals surface area (Å²) in [4.78, 5) is 30.3. The van der Waals surface area contributed by atoms with Crippen molar-refractivity contribution in [3.05, 3.63) is 65.5 Å². The van der Waals surface area contributed by atoms with Gasteiger partial charge in [-0.25, -0.2) is 4.39 Å². The van der Waals surface area contributed by atoms with E-state index in [1.807, 2.05) is 25.1 Å². The minimum Gasteiger partial charge on any atom is -0.491 e. The molecule has 0 aromatic heterocycles. The first kappa shape index (κ1) is 24.2. The molecule has 2 aliphatic rings. The fourth-order valence-corrected chi connectivity index (χ4v) is 4.85. The van der Waals surface area contributed by atoms with E-state index in [9.17, 15) is 14.0 Å². The molecule has 2 aliphatic heterocycles. The van der Waals surface area contributed by atoms with E-state index in [4.69, 9.17) is 9.47 Å². The summed E-state index contributed by atoms with van der Waals surface area (Å²) in [5.74, 6) is 0.313. The lowest BCUT2D eigenvalue weighted by molar-refractivity contribution is -0.176. The van der Waals surface area contributed by atoms with E-state index in [0.717, 1.165) is 25.0 Å². The van der Waals surface area contributed by atoms with Gasteiger partial charge in [0.1, 0.15) is 18.2 Å². The van der Waals surface area contributed by atoms with Gasteiger partial charge >= 0.3 is 0 Å². The molecule has 1 fully saturated rings. The summed E-state index contributed by atoms with van der Waals surface area (Å²) in [7, 11) is 0. The predicted molar refractivity (Wildman–Crippen MR) is 127 cm³/mol. The molecule has 1 saturated heterocycles. The number of halogens is 1. The van der Waals surface area contributed by atoms with Crippen molar-refractivity contribution in [3.63, 3.8) is 0 Å². The van der Waals surface area contributed by atoms with Gasteiger partial charge in [0.15, 0.2) is 5.60 Å². The van der Waals surface area contributed by atoms with E-state index < -0.39 is 5.60 Å². The van der Waals surface area contributed by atoms with Crippen LogP contribution in [0.3, 0.4) is 0 Å². The Morgan fingerprint density at radius 1 is 1.09 bits per heavy atom. The largest absolute Gasteiger partial charge is 0.491 e. The summed E-state index contributed by atoms with van der Waals surface area (Å²) in [6.45, 7) is 4.27. The van der Waals surface area contributed by atoms with Crippen LogP contribution in [0.1, 0.15) is 37.3 Å². The van der Waals surface area contributed by atoms with Gasteiger partial charge in [-0.15, -0.1) is 0 Å². The first-order chi connectivity index (χ1) is 16.5. The molecular weight excluding hydrogens is 435 g/mol. The molecule has 6 nitrogen and oxygen atoms in total. The van der Waals surface area contributed by atoms with Gasteiger partial charge in [0, 0.05) is 13.1 Å². The predicted octanol–water partition coefficient (Wildman–Crippen LogP) is 3.62. The fraction of sp³-hybridized carbons (Fsp3) is 0.481. The van der Waals surface area contributed by atoms with Crippen LogP contribution in [0.5, 0.6) is 5.75 Å². The monoisotopic (exact) mass is 468 g/mol. The standard InChI is InChI=1S/C27H33FN2O4/c1-2-29-14-16-33-24-12-4-3-9-22(24)10-5-6-13-27(26(29)32)20-30(15-17-34-27)25(31)19-21-8-7-11-23(28)18-21/h3-4,7-9,11-12,18H,2,5-6,10,13-17,19-20H2,1H3. The van der Waals surface area contributed by atoms with Crippen LogP contribution in [0.25, 0.3) is 0 Å². The molecule has 1 unspecified atom stereocenters. The van der Waals surface area contributed by atoms with Crippen LogP contribution < -0.4 is 4.74 Å². The van der Waals surface area contributed by atoms with Gasteiger partial charge in [-0.05, 0) is 61.9 Å². The van der Waals surface area contributed by atoms with Crippen LogP contribution in [0.15, 0.2) is 48.5 Å². The SMILES string of the molecule is CCN1CCOc2ccccc2CCCCC2(CN(C(=O)Cc3cccc(F)c3)CCO2)C1=O. The molecule has 0 bridgehead atoms. The number of para-hydroxylation sites is 1. The van der Waals surface area contributed by atoms with Crippen LogP contribution in [-0.2, 0) is 27.2 Å². The fourth-order valence-electron chi connectivity index (χ4n) is 4.85. The number of rotatable bonds is 3. The van der Waals surface area contributed by atoms with Gasteiger partial charge in [-0.2, -0.15) is 0 Å². The lowest BCUT2D eigenvalue weighted by Gasteiger charge is -2.44. The number of hydrogen-bond donors (Lipinski definition) is 0. The zero-order valence-corrected chi connectivity index (χ0v) is 19.8. The lowest BCUT2D eigenvalue weighted by atomic mass is 9.90. The summed E-state index contributed by atoms with van der Waals surface area (Å²) in [5, 5.41) is 0. The van der Waals surface area contributed by atoms with Gasteiger partial charge in [-0.3, -0.25) is 9.59 Å². The highest BCUT2D eigenvalue weighted by Gasteiger charge is 2.46. The van der Waals surface area contributed by atoms with Crippen molar-refractivity contribution in [1.29, 1.82) is 0 Å². The number of nitrogens with zero attached hydrogens (tertiary/aromatic N) is 2. The number of carbonyl (C=O) groups is 2. The molecule has 1 spiro atoms. The second-order valence-corrected chi connectivity index (χ2v) is 9.01. The Balaban J connectivity index is 1.52. The topological polar surface area (TPSA) is 59.1 Å². The molecule has 1 atom stereocenters. The highest BCUT2D eigenvalue weighted by Crippen LogP contribution is 2.30. The molecule has 2 amide bonds. The molecule has 182 valence electrons. The van der Waals surface area contributed by atoms with Crippen LogP contribution >= 0.6 is 0 Å². The molecule has 0 saturated carbocycles. The first-order valence-electron chi connectivity index (χ1n) is 12.2. The Labute approximate surface area is 200 Å². The lowest BCUT2D eigenvalue weighted by Crippen LogP contribution is -2.62. The Morgan fingerprint density at radius 3 is 2.76 bits per heavy atom. The number of likely N-dealkylation sites (N-methyl/N-ethyl adjacent to an activating group) is 1. The Morgan fingerprint density at radius 2 is 1.94 bits per heavy atom. The summed E-state index contributed by atoms with van der Waals surface area (Å²) in [6.07, 6.45) is 3.20. The highest BCUT2D eigenvalue weighted by molar-refractivity contribution is 5.87. The molecule has 7 heteroatoms. The molecular formula is C27H33FN2O4. The second-order valence-electron chi connectivity index (χ2n) is 9.01. The van der Waals surface area contributed by atoms with Crippen molar-refractivity contribution >= 4 is 11.8 Å². The van der Waals surface area contributed by atoms with Crippen LogP contribution in [0.4, 0.5) is 4.39 Å². The number of hydrogen-bond acceptors (Lipinski definition) is 4. The van der Waals surface area contributed by atoms with Crippen molar-refractivity contribution in [2.75, 3.05) is 39.4 Å². The van der Waals surface area contributed by atoms with E-state index in [2.05, 4.69) is 6.07 Å². The van der Waals surface area contributed by atoms with E-state index in [1.54, 1.807) is 21.9 Å². The van der Waals surface area contributed by atoms with Crippen molar-refractivity contribution in [2.45, 2.75) is 44.6 Å². The van der Waals surface area contributed by atoms with Crippen LogP contribution in [0.2, 0.25) is 0 Å². The van der Waals surface area contributed by atoms with Crippen LogP contribution in [-0.4, -0.2) is 66.6 Å². The maximum Gasteiger partial charge on any atom is 0.256 e. The summed E-state index contributed by atoms with van der Waals surface area (Å²) in [5.41, 5.74) is 0.731. The van der Waals surface area contributed by atoms with Crippen molar-refractivity contribution in [3.8, 4) is 5.75 Å². The highest BCUT2D eigenvalue weighted by atomic mass is 19.1. The molecule has 2 heterocycles. The number of ether oxygens (including phenoxy) is 2. The molecule has 4 rings (SSSR count).